The second-order valence-electron chi connectivity index (χ2n) is 6.13. The quantitative estimate of drug-likeness (QED) is 0.435. The largest absolute Gasteiger partial charge is 0.453 e. The van der Waals surface area contributed by atoms with Gasteiger partial charge in [-0.2, -0.15) is 0 Å². The number of carbonyl (C=O) groups is 1. The number of rotatable bonds is 5. The average Bonchev–Trinajstić information content (AvgIpc) is 3.35. The fourth-order valence-electron chi connectivity index (χ4n) is 2.69. The van der Waals surface area contributed by atoms with Gasteiger partial charge in [0.25, 0.3) is 0 Å². The molecule has 6 heteroatoms. The fourth-order valence-corrected chi connectivity index (χ4v) is 2.69. The molecule has 0 saturated carbocycles. The SMILES string of the molecule is Cc1oc(-c2ccccc2)nc1COC(=O)c1ccc(-c2ccc(F)cc2)o1. The maximum absolute atomic E-state index is 13.0. The minimum atomic E-state index is -0.614. The summed E-state index contributed by atoms with van der Waals surface area (Å²) >= 11 is 0. The Kier molecular flexibility index (Phi) is 4.76. The number of aryl methyl sites for hydroxylation is 1. The van der Waals surface area contributed by atoms with Crippen LogP contribution >= 0.6 is 0 Å². The lowest BCUT2D eigenvalue weighted by atomic mass is 10.2. The summed E-state index contributed by atoms with van der Waals surface area (Å²) in [5.41, 5.74) is 2.05. The molecule has 4 rings (SSSR count). The third-order valence-corrected chi connectivity index (χ3v) is 4.19. The lowest BCUT2D eigenvalue weighted by molar-refractivity contribution is 0.0431. The zero-order valence-electron chi connectivity index (χ0n) is 15.0. The van der Waals surface area contributed by atoms with Gasteiger partial charge < -0.3 is 13.6 Å². The molecule has 28 heavy (non-hydrogen) atoms. The number of hydrogen-bond acceptors (Lipinski definition) is 5. The summed E-state index contributed by atoms with van der Waals surface area (Å²) in [6.45, 7) is 1.73. The summed E-state index contributed by atoms with van der Waals surface area (Å²) in [4.78, 5) is 16.7. The zero-order chi connectivity index (χ0) is 19.5. The molecular weight excluding hydrogens is 361 g/mol. The lowest BCUT2D eigenvalue weighted by Crippen LogP contribution is -2.04. The Balaban J connectivity index is 1.44. The van der Waals surface area contributed by atoms with Crippen molar-refractivity contribution in [2.75, 3.05) is 0 Å². The minimum absolute atomic E-state index is 0.0341. The van der Waals surface area contributed by atoms with Crippen LogP contribution in [0.3, 0.4) is 0 Å². The monoisotopic (exact) mass is 377 g/mol. The number of benzene rings is 2. The first-order valence-corrected chi connectivity index (χ1v) is 8.65. The van der Waals surface area contributed by atoms with Crippen LogP contribution in [-0.2, 0) is 11.3 Å². The van der Waals surface area contributed by atoms with E-state index in [1.165, 1.54) is 18.2 Å². The molecule has 0 unspecified atom stereocenters. The van der Waals surface area contributed by atoms with Gasteiger partial charge in [0.2, 0.25) is 11.7 Å². The van der Waals surface area contributed by atoms with Crippen molar-refractivity contribution in [1.29, 1.82) is 0 Å². The molecule has 0 spiro atoms. The van der Waals surface area contributed by atoms with Crippen LogP contribution in [0.1, 0.15) is 22.0 Å². The van der Waals surface area contributed by atoms with E-state index in [2.05, 4.69) is 4.98 Å². The van der Waals surface area contributed by atoms with Crippen LogP contribution in [0, 0.1) is 12.7 Å². The van der Waals surface area contributed by atoms with Crippen molar-refractivity contribution in [2.24, 2.45) is 0 Å². The molecule has 2 heterocycles. The molecule has 2 aromatic heterocycles. The van der Waals surface area contributed by atoms with Crippen molar-refractivity contribution in [1.82, 2.24) is 4.98 Å². The minimum Gasteiger partial charge on any atom is -0.453 e. The van der Waals surface area contributed by atoms with Gasteiger partial charge in [-0.1, -0.05) is 18.2 Å². The molecule has 0 aliphatic carbocycles. The Morgan fingerprint density at radius 2 is 1.71 bits per heavy atom. The molecule has 0 aliphatic rings. The van der Waals surface area contributed by atoms with Crippen molar-refractivity contribution in [3.8, 4) is 22.8 Å². The number of ether oxygens (including phenoxy) is 1. The van der Waals surface area contributed by atoms with Gasteiger partial charge in [0, 0.05) is 11.1 Å². The Labute approximate surface area is 160 Å². The summed E-state index contributed by atoms with van der Waals surface area (Å²) in [6, 6.07) is 18.4. The van der Waals surface area contributed by atoms with E-state index in [0.29, 0.717) is 28.7 Å². The summed E-state index contributed by atoms with van der Waals surface area (Å²) in [5, 5.41) is 0. The third kappa shape index (κ3) is 3.71. The van der Waals surface area contributed by atoms with Crippen molar-refractivity contribution < 1.29 is 22.8 Å². The van der Waals surface area contributed by atoms with Gasteiger partial charge in [0.1, 0.15) is 29.6 Å². The molecule has 0 bridgehead atoms. The van der Waals surface area contributed by atoms with Gasteiger partial charge in [-0.25, -0.2) is 14.2 Å². The highest BCUT2D eigenvalue weighted by atomic mass is 19.1. The van der Waals surface area contributed by atoms with Gasteiger partial charge in [-0.3, -0.25) is 0 Å². The number of hydrogen-bond donors (Lipinski definition) is 0. The molecule has 5 nitrogen and oxygen atoms in total. The Hall–Kier alpha value is -3.67. The number of carbonyl (C=O) groups excluding carboxylic acids is 1. The summed E-state index contributed by atoms with van der Waals surface area (Å²) in [5.74, 6) is 0.614. The molecule has 4 aromatic rings. The van der Waals surface area contributed by atoms with E-state index in [4.69, 9.17) is 13.6 Å². The highest BCUT2D eigenvalue weighted by Crippen LogP contribution is 2.24. The highest BCUT2D eigenvalue weighted by Gasteiger charge is 2.17. The van der Waals surface area contributed by atoms with E-state index in [1.54, 1.807) is 25.1 Å². The maximum atomic E-state index is 13.0. The van der Waals surface area contributed by atoms with Crippen molar-refractivity contribution in [3.05, 3.63) is 89.8 Å². The first kappa shape index (κ1) is 17.7. The number of nitrogens with zero attached hydrogens (tertiary/aromatic N) is 1. The first-order chi connectivity index (χ1) is 13.6. The lowest BCUT2D eigenvalue weighted by Gasteiger charge is -2.01. The molecule has 2 aromatic carbocycles. The Bertz CT molecular complexity index is 1100. The summed E-state index contributed by atoms with van der Waals surface area (Å²) < 4.78 is 29.5. The van der Waals surface area contributed by atoms with Crippen LogP contribution in [0.2, 0.25) is 0 Å². The van der Waals surface area contributed by atoms with Crippen molar-refractivity contribution >= 4 is 5.97 Å². The maximum Gasteiger partial charge on any atom is 0.374 e. The molecule has 0 aliphatic heterocycles. The normalized spacial score (nSPS) is 10.8. The van der Waals surface area contributed by atoms with Crippen LogP contribution in [0.15, 0.2) is 75.6 Å². The smallest absolute Gasteiger partial charge is 0.374 e. The molecular formula is C22H16FNO4. The second-order valence-corrected chi connectivity index (χ2v) is 6.13. The molecule has 0 atom stereocenters. The number of esters is 1. The second kappa shape index (κ2) is 7.52. The standard InChI is InChI=1S/C22H16FNO4/c1-14-18(24-21(27-14)16-5-3-2-4-6-16)13-26-22(25)20-12-11-19(28-20)15-7-9-17(23)10-8-15/h2-12H,13H2,1H3. The van der Waals surface area contributed by atoms with Crippen LogP contribution < -0.4 is 0 Å². The van der Waals surface area contributed by atoms with Crippen molar-refractivity contribution in [2.45, 2.75) is 13.5 Å². The van der Waals surface area contributed by atoms with Crippen LogP contribution in [0.25, 0.3) is 22.8 Å². The van der Waals surface area contributed by atoms with E-state index in [0.717, 1.165) is 5.56 Å². The molecule has 140 valence electrons. The van der Waals surface area contributed by atoms with Crippen LogP contribution in [0.4, 0.5) is 4.39 Å². The molecule has 0 N–H and O–H groups in total. The predicted molar refractivity (Wildman–Crippen MR) is 99.9 cm³/mol. The highest BCUT2D eigenvalue weighted by molar-refractivity contribution is 5.87. The van der Waals surface area contributed by atoms with Crippen LogP contribution in [-0.4, -0.2) is 11.0 Å². The Morgan fingerprint density at radius 1 is 0.964 bits per heavy atom. The van der Waals surface area contributed by atoms with Gasteiger partial charge in [0.05, 0.1) is 0 Å². The van der Waals surface area contributed by atoms with Crippen molar-refractivity contribution in [3.63, 3.8) is 0 Å². The molecule has 0 amide bonds. The molecule has 0 radical (unpaired) electrons. The number of aromatic nitrogens is 1. The van der Waals surface area contributed by atoms with E-state index in [1.807, 2.05) is 30.3 Å². The zero-order valence-corrected chi connectivity index (χ0v) is 15.0. The van der Waals surface area contributed by atoms with E-state index < -0.39 is 5.97 Å². The molecule has 0 saturated heterocycles. The van der Waals surface area contributed by atoms with Gasteiger partial charge in [-0.05, 0) is 55.5 Å². The average molecular weight is 377 g/mol. The first-order valence-electron chi connectivity index (χ1n) is 8.65. The van der Waals surface area contributed by atoms with E-state index >= 15 is 0 Å². The van der Waals surface area contributed by atoms with Gasteiger partial charge in [-0.15, -0.1) is 0 Å². The van der Waals surface area contributed by atoms with E-state index in [9.17, 15) is 9.18 Å². The van der Waals surface area contributed by atoms with Crippen LogP contribution in [0.5, 0.6) is 0 Å². The summed E-state index contributed by atoms with van der Waals surface area (Å²) in [6.07, 6.45) is 0. The summed E-state index contributed by atoms with van der Waals surface area (Å²) in [7, 11) is 0. The third-order valence-electron chi connectivity index (χ3n) is 4.19. The number of oxazole rings is 1. The number of furan rings is 1. The van der Waals surface area contributed by atoms with Gasteiger partial charge in [0.15, 0.2) is 0 Å². The fraction of sp³-hybridized carbons (Fsp3) is 0.0909. The number of halogens is 1. The van der Waals surface area contributed by atoms with E-state index in [-0.39, 0.29) is 18.2 Å². The predicted octanol–water partition coefficient (Wildman–Crippen LogP) is 5.41. The topological polar surface area (TPSA) is 65.5 Å². The molecule has 0 fully saturated rings. The van der Waals surface area contributed by atoms with Gasteiger partial charge >= 0.3 is 5.97 Å². The Morgan fingerprint density at radius 3 is 2.46 bits per heavy atom.